The molecule has 12 aromatic rings. The Morgan fingerprint density at radius 3 is 1.59 bits per heavy atom. The zero-order valence-corrected chi connectivity index (χ0v) is 37.2. The van der Waals surface area contributed by atoms with Gasteiger partial charge in [0.1, 0.15) is 81.8 Å². The maximum atomic E-state index is 7.18. The fourth-order valence-electron chi connectivity index (χ4n) is 10.3. The van der Waals surface area contributed by atoms with E-state index in [0.717, 1.165) is 82.8 Å². The first-order valence-electron chi connectivity index (χ1n) is 22.4. The molecule has 69 heavy (non-hydrogen) atoms. The molecule has 11 aromatic carbocycles. The van der Waals surface area contributed by atoms with Gasteiger partial charge in [-0.1, -0.05) is 160 Å². The molecule has 0 fully saturated rings. The summed E-state index contributed by atoms with van der Waals surface area (Å²) in [5, 5.41) is 8.20. The Hall–Kier alpha value is -7.36. The highest BCUT2D eigenvalue weighted by molar-refractivity contribution is 6.74. The fourth-order valence-corrected chi connectivity index (χ4v) is 10.3. The smallest absolute Gasteiger partial charge is 0.143 e. The fraction of sp³-hybridized carbons (Fsp3) is 0. The predicted octanol–water partition coefficient (Wildman–Crippen LogP) is 5.81. The standard InChI is InChI=1S/C58H28B9NO/c59-49-44(50(60)52(62)47-45(49)46-48(54(64)53(47)63)55(65)57(67)56(66)51(46)61)32-20-22-35(23-21-32)68(36-24-19-31-18-17-30-11-4-5-12-38(30)42(31)28-36)37-26-33(29-9-2-1-3-10-29)25-34(27-37)39-14-8-15-41-40-13-6-7-16-43(40)69-58(39)41/h1-28H. The van der Waals surface area contributed by atoms with Gasteiger partial charge in [0, 0.05) is 33.4 Å². The number of benzene rings is 11. The maximum Gasteiger partial charge on any atom is 0.143 e. The zero-order valence-electron chi connectivity index (χ0n) is 37.2. The van der Waals surface area contributed by atoms with Crippen molar-refractivity contribution in [2.75, 3.05) is 4.90 Å². The van der Waals surface area contributed by atoms with E-state index in [4.69, 9.17) is 75.0 Å². The van der Waals surface area contributed by atoms with E-state index in [1.165, 1.54) is 0 Å². The molecule has 0 N–H and O–H groups in total. The zero-order chi connectivity index (χ0) is 47.4. The number of hydrogen-bond donors (Lipinski definition) is 0. The summed E-state index contributed by atoms with van der Waals surface area (Å²) in [5.41, 5.74) is 11.1. The summed E-state index contributed by atoms with van der Waals surface area (Å²) < 4.78 is 6.63. The van der Waals surface area contributed by atoms with Gasteiger partial charge >= 0.3 is 0 Å². The van der Waals surface area contributed by atoms with Crippen molar-refractivity contribution in [3.8, 4) is 33.4 Å². The molecule has 0 aliphatic heterocycles. The van der Waals surface area contributed by atoms with Crippen molar-refractivity contribution in [1.82, 2.24) is 0 Å². The number of furan rings is 1. The molecule has 0 bridgehead atoms. The molecule has 0 saturated heterocycles. The van der Waals surface area contributed by atoms with Crippen LogP contribution in [0.3, 0.4) is 0 Å². The first kappa shape index (κ1) is 43.0. The van der Waals surface area contributed by atoms with Crippen molar-refractivity contribution >= 4 is 202 Å². The molecule has 2 nitrogen and oxygen atoms in total. The highest BCUT2D eigenvalue weighted by atomic mass is 16.3. The second-order valence-corrected chi connectivity index (χ2v) is 17.6. The first-order valence-corrected chi connectivity index (χ1v) is 22.4. The van der Waals surface area contributed by atoms with Crippen LogP contribution in [0.15, 0.2) is 174 Å². The summed E-state index contributed by atoms with van der Waals surface area (Å²) in [5.74, 6) is 0. The summed E-state index contributed by atoms with van der Waals surface area (Å²) in [6.45, 7) is 0. The van der Waals surface area contributed by atoms with Crippen molar-refractivity contribution in [2.45, 2.75) is 0 Å². The molecule has 0 unspecified atom stereocenters. The van der Waals surface area contributed by atoms with Gasteiger partial charge in [-0.05, 0) is 119 Å². The lowest BCUT2D eigenvalue weighted by molar-refractivity contribution is 0.670. The van der Waals surface area contributed by atoms with E-state index in [9.17, 15) is 0 Å². The highest BCUT2D eigenvalue weighted by Gasteiger charge is 2.23. The van der Waals surface area contributed by atoms with Gasteiger partial charge in [-0.15, -0.1) is 10.9 Å². The Bertz CT molecular complexity index is 4130. The normalized spacial score (nSPS) is 11.7. The van der Waals surface area contributed by atoms with Crippen molar-refractivity contribution in [3.05, 3.63) is 170 Å². The third kappa shape index (κ3) is 6.68. The molecule has 0 aliphatic rings. The summed E-state index contributed by atoms with van der Waals surface area (Å²) in [6.07, 6.45) is 0. The third-order valence-electron chi connectivity index (χ3n) is 13.8. The maximum absolute atomic E-state index is 7.18. The summed E-state index contributed by atoms with van der Waals surface area (Å²) in [4.78, 5) is 2.27. The molecule has 11 heteroatoms. The number of para-hydroxylation sites is 2. The SMILES string of the molecule is [B]c1c([B])c([B])c2c(c1[B])c([B])c([B])c1c([B])c([B])c(-c3ccc(N(c4cc(-c5ccccc5)cc(-c5cccc6c5oc5ccccc56)c4)c4ccc5ccc6ccccc6c5c4)cc3)c([B])c12. The number of rotatable bonds is 6. The van der Waals surface area contributed by atoms with Crippen LogP contribution in [-0.4, -0.2) is 70.6 Å². The van der Waals surface area contributed by atoms with Crippen LogP contribution in [0, 0.1) is 0 Å². The van der Waals surface area contributed by atoms with Gasteiger partial charge in [0.15, 0.2) is 0 Å². The molecular formula is C58H28B9NO. The van der Waals surface area contributed by atoms with E-state index >= 15 is 0 Å². The molecule has 0 aliphatic carbocycles. The predicted molar refractivity (Wildman–Crippen MR) is 303 cm³/mol. The minimum absolute atomic E-state index is 0.0976. The lowest BCUT2D eigenvalue weighted by atomic mass is 9.58. The largest absolute Gasteiger partial charge is 0.455 e. The van der Waals surface area contributed by atoms with Crippen molar-refractivity contribution < 1.29 is 4.42 Å². The number of nitrogens with zero attached hydrogens (tertiary/aromatic N) is 1. The average Bonchev–Trinajstić information content (AvgIpc) is 3.77. The van der Waals surface area contributed by atoms with Gasteiger partial charge in [0.2, 0.25) is 0 Å². The Labute approximate surface area is 412 Å². The van der Waals surface area contributed by atoms with Gasteiger partial charge in [-0.25, -0.2) is 0 Å². The first-order chi connectivity index (χ1) is 33.5. The van der Waals surface area contributed by atoms with E-state index in [-0.39, 0.29) is 49.2 Å². The molecular weight excluding hydrogens is 824 g/mol. The second-order valence-electron chi connectivity index (χ2n) is 17.6. The highest BCUT2D eigenvalue weighted by Crippen LogP contribution is 2.44. The van der Waals surface area contributed by atoms with Crippen molar-refractivity contribution in [1.29, 1.82) is 0 Å². The monoisotopic (exact) mass is 853 g/mol. The lowest BCUT2D eigenvalue weighted by Gasteiger charge is -2.28. The van der Waals surface area contributed by atoms with Crippen LogP contribution < -0.4 is 54.1 Å². The van der Waals surface area contributed by atoms with E-state index in [1.807, 2.05) is 36.4 Å². The third-order valence-corrected chi connectivity index (χ3v) is 13.8. The number of anilines is 3. The lowest BCUT2D eigenvalue weighted by Crippen LogP contribution is -2.51. The van der Waals surface area contributed by atoms with Gasteiger partial charge in [-0.2, -0.15) is 0 Å². The molecule has 0 amide bonds. The van der Waals surface area contributed by atoms with Crippen LogP contribution in [0.25, 0.3) is 98.4 Å². The van der Waals surface area contributed by atoms with Gasteiger partial charge in [0.25, 0.3) is 0 Å². The second kappa shape index (κ2) is 16.4. The van der Waals surface area contributed by atoms with Crippen molar-refractivity contribution in [2.24, 2.45) is 0 Å². The van der Waals surface area contributed by atoms with Crippen LogP contribution in [0.5, 0.6) is 0 Å². The molecule has 0 atom stereocenters. The molecule has 0 saturated carbocycles. The van der Waals surface area contributed by atoms with Crippen molar-refractivity contribution in [3.63, 3.8) is 0 Å². The number of hydrogen-bond acceptors (Lipinski definition) is 2. The molecule has 18 radical (unpaired) electrons. The van der Waals surface area contributed by atoms with Crippen LogP contribution in [0.1, 0.15) is 0 Å². The average molecular weight is 852 g/mol. The van der Waals surface area contributed by atoms with E-state index < -0.39 is 0 Å². The molecule has 12 rings (SSSR count). The Balaban J connectivity index is 1.10. The van der Waals surface area contributed by atoms with Gasteiger partial charge in [0.05, 0.1) is 0 Å². The van der Waals surface area contributed by atoms with E-state index in [0.29, 0.717) is 32.7 Å². The quantitative estimate of drug-likeness (QED) is 0.155. The minimum Gasteiger partial charge on any atom is -0.455 e. The van der Waals surface area contributed by atoms with Crippen LogP contribution >= 0.6 is 0 Å². The summed E-state index contributed by atoms with van der Waals surface area (Å²) >= 11 is 0. The van der Waals surface area contributed by atoms with Crippen LogP contribution in [0.2, 0.25) is 0 Å². The molecule has 1 heterocycles. The Kier molecular flexibility index (Phi) is 10.2. The van der Waals surface area contributed by atoms with Gasteiger partial charge in [-0.3, -0.25) is 0 Å². The Morgan fingerprint density at radius 2 is 0.855 bits per heavy atom. The van der Waals surface area contributed by atoms with E-state index in [1.54, 1.807) is 0 Å². The van der Waals surface area contributed by atoms with E-state index in [2.05, 4.69) is 138 Å². The topological polar surface area (TPSA) is 16.4 Å². The van der Waals surface area contributed by atoms with Crippen LogP contribution in [0.4, 0.5) is 17.1 Å². The molecule has 0 spiro atoms. The number of fused-ring (bicyclic) bond motifs is 9. The van der Waals surface area contributed by atoms with Gasteiger partial charge < -0.3 is 9.32 Å². The summed E-state index contributed by atoms with van der Waals surface area (Å²) in [6, 6.07) is 59.1. The minimum atomic E-state index is 0.0976. The molecule has 1 aromatic heterocycles. The van der Waals surface area contributed by atoms with Crippen LogP contribution in [-0.2, 0) is 0 Å². The Morgan fingerprint density at radius 1 is 0.304 bits per heavy atom. The summed E-state index contributed by atoms with van der Waals surface area (Å²) in [7, 11) is 60.2. The molecule has 298 valence electrons.